The van der Waals surface area contributed by atoms with Crippen LogP contribution < -0.4 is 11.1 Å². The lowest BCUT2D eigenvalue weighted by Crippen LogP contribution is -2.31. The quantitative estimate of drug-likeness (QED) is 0.413. The van der Waals surface area contributed by atoms with E-state index in [0.29, 0.717) is 17.1 Å². The number of rotatable bonds is 5. The summed E-state index contributed by atoms with van der Waals surface area (Å²) >= 11 is 0. The topological polar surface area (TPSA) is 96.9 Å². The van der Waals surface area contributed by atoms with E-state index in [1.54, 1.807) is 30.3 Å². The van der Waals surface area contributed by atoms with Crippen LogP contribution >= 0.6 is 0 Å². The number of hydrogen-bond donors (Lipinski definition) is 2. The molecule has 0 spiro atoms. The third kappa shape index (κ3) is 3.75. The fourth-order valence-corrected chi connectivity index (χ4v) is 2.55. The van der Waals surface area contributed by atoms with E-state index in [1.807, 2.05) is 36.4 Å². The van der Waals surface area contributed by atoms with Crippen molar-refractivity contribution in [1.82, 2.24) is 0 Å². The lowest BCUT2D eigenvalue weighted by atomic mass is 10.1. The molecule has 0 radical (unpaired) electrons. The Morgan fingerprint density at radius 1 is 0.962 bits per heavy atom. The van der Waals surface area contributed by atoms with E-state index in [9.17, 15) is 9.59 Å². The van der Waals surface area contributed by atoms with Gasteiger partial charge < -0.3 is 11.1 Å². The zero-order chi connectivity index (χ0) is 18.5. The van der Waals surface area contributed by atoms with Gasteiger partial charge in [-0.3, -0.25) is 9.59 Å². The number of anilines is 2. The molecule has 0 aliphatic heterocycles. The van der Waals surface area contributed by atoms with Crippen molar-refractivity contribution < 1.29 is 9.59 Å². The van der Waals surface area contributed by atoms with Crippen LogP contribution in [0, 0.1) is 0 Å². The average molecular weight is 346 g/mol. The van der Waals surface area contributed by atoms with Gasteiger partial charge in [0.05, 0.1) is 5.69 Å². The largest absolute Gasteiger partial charge is 0.397 e. The summed E-state index contributed by atoms with van der Waals surface area (Å²) in [5.41, 5.74) is 7.26. The number of para-hydroxylation sites is 1. The predicted octanol–water partition coefficient (Wildman–Crippen LogP) is 4.10. The van der Waals surface area contributed by atoms with E-state index in [2.05, 4.69) is 15.5 Å². The summed E-state index contributed by atoms with van der Waals surface area (Å²) in [6, 6.07) is 18.9. The molecule has 1 unspecified atom stereocenters. The second-order valence-corrected chi connectivity index (χ2v) is 5.80. The zero-order valence-electron chi connectivity index (χ0n) is 14.2. The number of benzene rings is 3. The van der Waals surface area contributed by atoms with Gasteiger partial charge in [0.1, 0.15) is 5.69 Å². The van der Waals surface area contributed by atoms with Crippen LogP contribution in [-0.4, -0.2) is 17.7 Å². The van der Waals surface area contributed by atoms with Gasteiger partial charge in [-0.2, -0.15) is 10.2 Å². The Kier molecular flexibility index (Phi) is 5.03. The Bertz CT molecular complexity index is 993. The molecule has 130 valence electrons. The molecular formula is C20H18N4O2. The summed E-state index contributed by atoms with van der Waals surface area (Å²) in [7, 11) is 0. The van der Waals surface area contributed by atoms with Gasteiger partial charge in [0.15, 0.2) is 5.78 Å². The van der Waals surface area contributed by atoms with E-state index in [1.165, 1.54) is 6.92 Å². The highest BCUT2D eigenvalue weighted by Crippen LogP contribution is 2.24. The molecule has 6 nitrogen and oxygen atoms in total. The third-order valence-corrected chi connectivity index (χ3v) is 3.90. The molecule has 0 aliphatic rings. The maximum Gasteiger partial charge on any atom is 0.258 e. The molecule has 0 bridgehead atoms. The highest BCUT2D eigenvalue weighted by molar-refractivity contribution is 6.12. The van der Waals surface area contributed by atoms with Crippen molar-refractivity contribution >= 4 is 39.5 Å². The molecule has 0 saturated heterocycles. The van der Waals surface area contributed by atoms with Gasteiger partial charge in [0, 0.05) is 11.1 Å². The van der Waals surface area contributed by atoms with E-state index in [4.69, 9.17) is 5.73 Å². The number of fused-ring (bicyclic) bond motifs is 1. The van der Waals surface area contributed by atoms with Crippen molar-refractivity contribution in [2.45, 2.75) is 13.0 Å². The molecule has 0 saturated carbocycles. The zero-order valence-corrected chi connectivity index (χ0v) is 14.2. The first kappa shape index (κ1) is 17.3. The van der Waals surface area contributed by atoms with Gasteiger partial charge in [-0.1, -0.05) is 48.5 Å². The van der Waals surface area contributed by atoms with Crippen LogP contribution in [-0.2, 0) is 9.59 Å². The molecule has 3 N–H and O–H groups in total. The third-order valence-electron chi connectivity index (χ3n) is 3.90. The number of nitrogen functional groups attached to an aromatic ring is 1. The summed E-state index contributed by atoms with van der Waals surface area (Å²) in [6.45, 7) is 1.31. The number of nitrogens with zero attached hydrogens (tertiary/aromatic N) is 2. The molecule has 0 heterocycles. The Morgan fingerprint density at radius 2 is 1.65 bits per heavy atom. The van der Waals surface area contributed by atoms with E-state index < -0.39 is 17.7 Å². The van der Waals surface area contributed by atoms with Crippen molar-refractivity contribution in [2.24, 2.45) is 10.2 Å². The van der Waals surface area contributed by atoms with Crippen LogP contribution in [0.2, 0.25) is 0 Å². The van der Waals surface area contributed by atoms with Crippen LogP contribution in [0.3, 0.4) is 0 Å². The Labute approximate surface area is 150 Å². The van der Waals surface area contributed by atoms with Crippen LogP contribution in [0.4, 0.5) is 17.1 Å². The first-order valence-corrected chi connectivity index (χ1v) is 8.10. The fourth-order valence-electron chi connectivity index (χ4n) is 2.55. The summed E-state index contributed by atoms with van der Waals surface area (Å²) < 4.78 is 0. The van der Waals surface area contributed by atoms with Gasteiger partial charge in [-0.25, -0.2) is 0 Å². The lowest BCUT2D eigenvalue weighted by molar-refractivity contribution is -0.126. The molecule has 3 aromatic rings. The number of azo groups is 1. The van der Waals surface area contributed by atoms with Gasteiger partial charge in [0.25, 0.3) is 5.91 Å². The first-order valence-electron chi connectivity index (χ1n) is 8.10. The number of carbonyl (C=O) groups is 2. The molecule has 0 fully saturated rings. The van der Waals surface area contributed by atoms with Crippen molar-refractivity contribution in [3.63, 3.8) is 0 Å². The number of hydrogen-bond acceptors (Lipinski definition) is 5. The van der Waals surface area contributed by atoms with Gasteiger partial charge in [0.2, 0.25) is 6.04 Å². The van der Waals surface area contributed by atoms with E-state index in [0.717, 1.165) is 10.8 Å². The number of carbonyl (C=O) groups excluding carboxylic acids is 2. The van der Waals surface area contributed by atoms with E-state index >= 15 is 0 Å². The fraction of sp³-hybridized carbons (Fsp3) is 0.100. The molecule has 0 aliphatic carbocycles. The number of Topliss-reactive ketones (excluding diaryl/α,β-unsaturated/α-hetero) is 1. The summed E-state index contributed by atoms with van der Waals surface area (Å²) in [4.78, 5) is 24.5. The number of nitrogens with two attached hydrogens (primary N) is 1. The molecule has 1 amide bonds. The SMILES string of the molecule is CC(=O)C(N=Nc1ccccc1N)C(=O)Nc1cccc2ccccc12. The van der Waals surface area contributed by atoms with Crippen molar-refractivity contribution in [1.29, 1.82) is 0 Å². The Balaban J connectivity index is 1.85. The minimum Gasteiger partial charge on any atom is -0.397 e. The first-order chi connectivity index (χ1) is 12.6. The van der Waals surface area contributed by atoms with Crippen LogP contribution in [0.15, 0.2) is 77.0 Å². The second-order valence-electron chi connectivity index (χ2n) is 5.80. The lowest BCUT2D eigenvalue weighted by Gasteiger charge is -2.11. The molecule has 3 aromatic carbocycles. The van der Waals surface area contributed by atoms with Crippen molar-refractivity contribution in [2.75, 3.05) is 11.1 Å². The normalized spacial score (nSPS) is 12.2. The predicted molar refractivity (Wildman–Crippen MR) is 102 cm³/mol. The smallest absolute Gasteiger partial charge is 0.258 e. The molecule has 6 heteroatoms. The number of amides is 1. The van der Waals surface area contributed by atoms with Crippen LogP contribution in [0.5, 0.6) is 0 Å². The van der Waals surface area contributed by atoms with Crippen LogP contribution in [0.25, 0.3) is 10.8 Å². The van der Waals surface area contributed by atoms with Crippen molar-refractivity contribution in [3.05, 3.63) is 66.7 Å². The Hall–Kier alpha value is -3.54. The van der Waals surface area contributed by atoms with Gasteiger partial charge >= 0.3 is 0 Å². The van der Waals surface area contributed by atoms with Gasteiger partial charge in [-0.05, 0) is 30.5 Å². The second kappa shape index (κ2) is 7.57. The highest BCUT2D eigenvalue weighted by atomic mass is 16.2. The van der Waals surface area contributed by atoms with Crippen LogP contribution in [0.1, 0.15) is 6.92 Å². The minimum atomic E-state index is -1.24. The Morgan fingerprint density at radius 3 is 2.42 bits per heavy atom. The minimum absolute atomic E-state index is 0.402. The summed E-state index contributed by atoms with van der Waals surface area (Å²) in [6.07, 6.45) is 0. The van der Waals surface area contributed by atoms with E-state index in [-0.39, 0.29) is 0 Å². The molecule has 0 aromatic heterocycles. The molecular weight excluding hydrogens is 328 g/mol. The average Bonchev–Trinajstić information content (AvgIpc) is 2.63. The van der Waals surface area contributed by atoms with Crippen molar-refractivity contribution in [3.8, 4) is 0 Å². The maximum atomic E-state index is 12.6. The number of nitrogens with one attached hydrogen (secondary N) is 1. The summed E-state index contributed by atoms with van der Waals surface area (Å²) in [5.74, 6) is -0.937. The number of ketones is 1. The highest BCUT2D eigenvalue weighted by Gasteiger charge is 2.23. The standard InChI is InChI=1S/C20H18N4O2/c1-13(25)19(24-23-18-11-5-4-10-16(18)21)20(26)22-17-12-6-8-14-7-2-3-9-15(14)17/h2-12,19H,21H2,1H3,(H,22,26). The maximum absolute atomic E-state index is 12.6. The summed E-state index contributed by atoms with van der Waals surface area (Å²) in [5, 5.41) is 12.5. The molecule has 26 heavy (non-hydrogen) atoms. The molecule has 3 rings (SSSR count). The monoisotopic (exact) mass is 346 g/mol. The molecule has 1 atom stereocenters. The van der Waals surface area contributed by atoms with Gasteiger partial charge in [-0.15, -0.1) is 0 Å².